The molecular weight excluding hydrogens is 258 g/mol. The Hall–Kier alpha value is -0.710. The Morgan fingerprint density at radius 3 is 2.63 bits per heavy atom. The average molecular weight is 283 g/mol. The Labute approximate surface area is 120 Å². The highest BCUT2D eigenvalue weighted by atomic mass is 32.2. The quantitative estimate of drug-likeness (QED) is 0.808. The number of nitrogens with one attached hydrogen (secondary N) is 1. The maximum absolute atomic E-state index is 12.2. The zero-order valence-corrected chi connectivity index (χ0v) is 12.8. The largest absolute Gasteiger partial charge is 0.353 e. The molecule has 19 heavy (non-hydrogen) atoms. The first-order valence-corrected chi connectivity index (χ1v) is 8.27. The van der Waals surface area contributed by atoms with E-state index in [1.165, 1.54) is 25.7 Å². The van der Waals surface area contributed by atoms with Crippen LogP contribution >= 0.6 is 11.8 Å². The van der Waals surface area contributed by atoms with Crippen molar-refractivity contribution in [2.24, 2.45) is 4.99 Å². The first-order valence-electron chi connectivity index (χ1n) is 7.39. The van der Waals surface area contributed by atoms with E-state index in [1.54, 1.807) is 11.8 Å². The third kappa shape index (κ3) is 4.41. The van der Waals surface area contributed by atoms with E-state index in [1.807, 2.05) is 14.0 Å². The molecule has 2 aliphatic rings. The van der Waals surface area contributed by atoms with Gasteiger partial charge in [0.1, 0.15) is 0 Å². The Kier molecular flexibility index (Phi) is 5.55. The van der Waals surface area contributed by atoms with E-state index in [0.29, 0.717) is 6.04 Å². The molecule has 1 heterocycles. The molecule has 1 unspecified atom stereocenters. The van der Waals surface area contributed by atoms with Gasteiger partial charge in [-0.3, -0.25) is 9.79 Å². The fourth-order valence-corrected chi connectivity index (χ4v) is 3.52. The molecule has 0 aromatic heterocycles. The van der Waals surface area contributed by atoms with Crippen LogP contribution < -0.4 is 5.32 Å². The molecule has 1 fully saturated rings. The van der Waals surface area contributed by atoms with Crippen molar-refractivity contribution < 1.29 is 4.79 Å². The second-order valence-electron chi connectivity index (χ2n) is 5.54. The Bertz CT molecular complexity index is 338. The SMILES string of the molecule is CC(SC1=NCCN1C)C(=O)NC1CCCCCC1. The van der Waals surface area contributed by atoms with Gasteiger partial charge in [-0.05, 0) is 19.8 Å². The summed E-state index contributed by atoms with van der Waals surface area (Å²) in [6, 6.07) is 0.390. The van der Waals surface area contributed by atoms with Crippen LogP contribution in [0.1, 0.15) is 45.4 Å². The minimum absolute atomic E-state index is 0.0532. The Morgan fingerprint density at radius 2 is 2.05 bits per heavy atom. The number of carbonyl (C=O) groups is 1. The zero-order valence-electron chi connectivity index (χ0n) is 12.0. The minimum Gasteiger partial charge on any atom is -0.353 e. The van der Waals surface area contributed by atoms with Crippen LogP contribution in [0.5, 0.6) is 0 Å². The number of hydrogen-bond acceptors (Lipinski definition) is 4. The summed E-state index contributed by atoms with van der Waals surface area (Å²) < 4.78 is 0. The predicted octanol–water partition coefficient (Wildman–Crippen LogP) is 2.25. The third-order valence-electron chi connectivity index (χ3n) is 3.86. The number of carbonyl (C=O) groups excluding carboxylic acids is 1. The van der Waals surface area contributed by atoms with Crippen molar-refractivity contribution in [3.05, 3.63) is 0 Å². The Morgan fingerprint density at radius 1 is 1.37 bits per heavy atom. The van der Waals surface area contributed by atoms with E-state index in [9.17, 15) is 4.79 Å². The van der Waals surface area contributed by atoms with Crippen molar-refractivity contribution >= 4 is 22.8 Å². The number of rotatable bonds is 3. The number of aliphatic imine (C=N–C) groups is 1. The molecule has 1 saturated carbocycles. The lowest BCUT2D eigenvalue weighted by atomic mass is 10.1. The molecule has 0 saturated heterocycles. The van der Waals surface area contributed by atoms with Gasteiger partial charge in [-0.2, -0.15) is 0 Å². The molecule has 5 heteroatoms. The Balaban J connectivity index is 1.78. The summed E-state index contributed by atoms with van der Waals surface area (Å²) in [6.45, 7) is 3.81. The minimum atomic E-state index is -0.0532. The molecule has 1 aliphatic heterocycles. The average Bonchev–Trinajstić information content (AvgIpc) is 2.65. The fourth-order valence-electron chi connectivity index (χ4n) is 2.59. The maximum Gasteiger partial charge on any atom is 0.233 e. The lowest BCUT2D eigenvalue weighted by molar-refractivity contribution is -0.121. The number of amidine groups is 1. The summed E-state index contributed by atoms with van der Waals surface area (Å²) in [6.07, 6.45) is 7.42. The molecule has 0 bridgehead atoms. The van der Waals surface area contributed by atoms with Crippen molar-refractivity contribution in [2.45, 2.75) is 56.7 Å². The first kappa shape index (κ1) is 14.7. The van der Waals surface area contributed by atoms with Gasteiger partial charge in [0, 0.05) is 19.6 Å². The molecule has 0 radical (unpaired) electrons. The summed E-state index contributed by atoms with van der Waals surface area (Å²) in [5, 5.41) is 4.16. The number of hydrogen-bond donors (Lipinski definition) is 1. The van der Waals surface area contributed by atoms with Gasteiger partial charge in [-0.1, -0.05) is 37.4 Å². The van der Waals surface area contributed by atoms with Gasteiger partial charge in [0.25, 0.3) is 0 Å². The van der Waals surface area contributed by atoms with E-state index < -0.39 is 0 Å². The smallest absolute Gasteiger partial charge is 0.233 e. The van der Waals surface area contributed by atoms with E-state index >= 15 is 0 Å². The number of amides is 1. The molecule has 1 N–H and O–H groups in total. The van der Waals surface area contributed by atoms with Gasteiger partial charge in [0.2, 0.25) is 5.91 Å². The van der Waals surface area contributed by atoms with Gasteiger partial charge >= 0.3 is 0 Å². The standard InChI is InChI=1S/C14H25N3OS/c1-11(19-14-15-9-10-17(14)2)13(18)16-12-7-5-3-4-6-8-12/h11-12H,3-10H2,1-2H3,(H,16,18). The van der Waals surface area contributed by atoms with Crippen LogP contribution in [-0.2, 0) is 4.79 Å². The molecular formula is C14H25N3OS. The third-order valence-corrected chi connectivity index (χ3v) is 5.08. The highest BCUT2D eigenvalue weighted by Crippen LogP contribution is 2.20. The maximum atomic E-state index is 12.2. The van der Waals surface area contributed by atoms with Crippen LogP contribution in [0.4, 0.5) is 0 Å². The summed E-state index contributed by atoms with van der Waals surface area (Å²) in [5.41, 5.74) is 0. The van der Waals surface area contributed by atoms with Crippen LogP contribution in [-0.4, -0.2) is 47.4 Å². The molecule has 2 rings (SSSR count). The van der Waals surface area contributed by atoms with Crippen LogP contribution in [0.3, 0.4) is 0 Å². The predicted molar refractivity (Wildman–Crippen MR) is 81.6 cm³/mol. The van der Waals surface area contributed by atoms with E-state index in [4.69, 9.17) is 0 Å². The summed E-state index contributed by atoms with van der Waals surface area (Å²) in [5.74, 6) is 0.167. The highest BCUT2D eigenvalue weighted by Gasteiger charge is 2.23. The monoisotopic (exact) mass is 283 g/mol. The molecule has 0 spiro atoms. The molecule has 108 valence electrons. The van der Waals surface area contributed by atoms with Gasteiger partial charge < -0.3 is 10.2 Å². The van der Waals surface area contributed by atoms with Crippen LogP contribution in [0.15, 0.2) is 4.99 Å². The molecule has 0 aromatic carbocycles. The highest BCUT2D eigenvalue weighted by molar-refractivity contribution is 8.14. The van der Waals surface area contributed by atoms with E-state index in [0.717, 1.165) is 31.1 Å². The zero-order chi connectivity index (χ0) is 13.7. The van der Waals surface area contributed by atoms with Crippen molar-refractivity contribution in [3.8, 4) is 0 Å². The van der Waals surface area contributed by atoms with Crippen molar-refractivity contribution in [1.29, 1.82) is 0 Å². The fraction of sp³-hybridized carbons (Fsp3) is 0.857. The van der Waals surface area contributed by atoms with Crippen molar-refractivity contribution in [3.63, 3.8) is 0 Å². The van der Waals surface area contributed by atoms with Crippen LogP contribution in [0.2, 0.25) is 0 Å². The van der Waals surface area contributed by atoms with Gasteiger partial charge in [-0.15, -0.1) is 0 Å². The lowest BCUT2D eigenvalue weighted by Crippen LogP contribution is -2.40. The number of thioether (sulfide) groups is 1. The molecule has 1 amide bonds. The van der Waals surface area contributed by atoms with E-state index in [2.05, 4.69) is 15.2 Å². The molecule has 0 aromatic rings. The molecule has 1 aliphatic carbocycles. The van der Waals surface area contributed by atoms with Gasteiger partial charge in [0.05, 0.1) is 11.8 Å². The number of nitrogens with zero attached hydrogens (tertiary/aromatic N) is 2. The van der Waals surface area contributed by atoms with Gasteiger partial charge in [-0.25, -0.2) is 0 Å². The van der Waals surface area contributed by atoms with Crippen molar-refractivity contribution in [1.82, 2.24) is 10.2 Å². The van der Waals surface area contributed by atoms with Crippen molar-refractivity contribution in [2.75, 3.05) is 20.1 Å². The molecule has 1 atom stereocenters. The topological polar surface area (TPSA) is 44.7 Å². The van der Waals surface area contributed by atoms with E-state index in [-0.39, 0.29) is 11.2 Å². The lowest BCUT2D eigenvalue weighted by Gasteiger charge is -2.20. The molecule has 4 nitrogen and oxygen atoms in total. The summed E-state index contributed by atoms with van der Waals surface area (Å²) in [7, 11) is 2.04. The van der Waals surface area contributed by atoms with Crippen LogP contribution in [0.25, 0.3) is 0 Å². The summed E-state index contributed by atoms with van der Waals surface area (Å²) >= 11 is 1.58. The van der Waals surface area contributed by atoms with Crippen LogP contribution in [0, 0.1) is 0 Å². The number of likely N-dealkylation sites (N-methyl/N-ethyl adjacent to an activating group) is 1. The van der Waals surface area contributed by atoms with Gasteiger partial charge in [0.15, 0.2) is 5.17 Å². The first-order chi connectivity index (χ1) is 9.16. The normalized spacial score (nSPS) is 22.8. The second kappa shape index (κ2) is 7.17. The second-order valence-corrected chi connectivity index (χ2v) is 6.85. The summed E-state index contributed by atoms with van der Waals surface area (Å²) in [4.78, 5) is 18.8.